The third-order valence-electron chi connectivity index (χ3n) is 5.70. The van der Waals surface area contributed by atoms with Crippen molar-refractivity contribution in [3.8, 4) is 5.75 Å². The number of amides is 1. The maximum Gasteiger partial charge on any atom is 0.261 e. The van der Waals surface area contributed by atoms with Gasteiger partial charge in [0.15, 0.2) is 0 Å². The van der Waals surface area contributed by atoms with Crippen LogP contribution in [0.2, 0.25) is 0 Å². The molecule has 0 unspecified atom stereocenters. The SMILES string of the molecule is COc1ccc(N2C(=O)CS[C@H]2c2ccc(NS(=O)(=O)c3ccc(C(C)(C)C)cc3)cc2)cc1. The van der Waals surface area contributed by atoms with Gasteiger partial charge in [0.25, 0.3) is 10.0 Å². The number of methoxy groups -OCH3 is 1. The first-order valence-corrected chi connectivity index (χ1v) is 13.4. The largest absolute Gasteiger partial charge is 0.497 e. The summed E-state index contributed by atoms with van der Waals surface area (Å²) in [6, 6.07) is 21.5. The molecular weight excluding hydrogens is 468 g/mol. The number of carbonyl (C=O) groups excluding carboxylic acids is 1. The second-order valence-corrected chi connectivity index (χ2v) is 11.9. The van der Waals surface area contributed by atoms with Gasteiger partial charge in [0.1, 0.15) is 11.1 Å². The van der Waals surface area contributed by atoms with Gasteiger partial charge < -0.3 is 4.74 Å². The highest BCUT2D eigenvalue weighted by atomic mass is 32.2. The molecule has 0 saturated carbocycles. The van der Waals surface area contributed by atoms with E-state index in [4.69, 9.17) is 4.74 Å². The highest BCUT2D eigenvalue weighted by molar-refractivity contribution is 8.00. The number of sulfonamides is 1. The number of hydrogen-bond acceptors (Lipinski definition) is 5. The number of anilines is 2. The lowest BCUT2D eigenvalue weighted by atomic mass is 9.87. The van der Waals surface area contributed by atoms with E-state index in [2.05, 4.69) is 25.5 Å². The Kier molecular flexibility index (Phi) is 6.64. The highest BCUT2D eigenvalue weighted by Gasteiger charge is 2.34. The molecule has 1 amide bonds. The Morgan fingerprint density at radius 2 is 1.56 bits per heavy atom. The molecular formula is C26H28N2O4S2. The zero-order valence-corrected chi connectivity index (χ0v) is 21.2. The van der Waals surface area contributed by atoms with Crippen molar-refractivity contribution in [2.45, 2.75) is 36.5 Å². The topological polar surface area (TPSA) is 75.7 Å². The maximum atomic E-state index is 12.9. The van der Waals surface area contributed by atoms with Crippen LogP contribution in [0.3, 0.4) is 0 Å². The molecule has 0 spiro atoms. The normalized spacial score (nSPS) is 16.5. The molecule has 1 atom stereocenters. The van der Waals surface area contributed by atoms with Crippen LogP contribution in [0, 0.1) is 0 Å². The summed E-state index contributed by atoms with van der Waals surface area (Å²) in [6.07, 6.45) is 0. The van der Waals surface area contributed by atoms with Crippen LogP contribution in [-0.4, -0.2) is 27.2 Å². The van der Waals surface area contributed by atoms with Gasteiger partial charge in [-0.25, -0.2) is 8.42 Å². The Balaban J connectivity index is 1.51. The van der Waals surface area contributed by atoms with E-state index in [9.17, 15) is 13.2 Å². The molecule has 178 valence electrons. The fraction of sp³-hybridized carbons (Fsp3) is 0.269. The molecule has 1 fully saturated rings. The van der Waals surface area contributed by atoms with Crippen LogP contribution in [0.1, 0.15) is 37.3 Å². The van der Waals surface area contributed by atoms with Crippen LogP contribution in [0.5, 0.6) is 5.75 Å². The first-order chi connectivity index (χ1) is 16.1. The van der Waals surface area contributed by atoms with E-state index in [0.717, 1.165) is 22.6 Å². The smallest absolute Gasteiger partial charge is 0.261 e. The summed E-state index contributed by atoms with van der Waals surface area (Å²) in [5, 5.41) is -0.184. The number of thioether (sulfide) groups is 1. The van der Waals surface area contributed by atoms with Crippen molar-refractivity contribution in [3.05, 3.63) is 83.9 Å². The molecule has 1 N–H and O–H groups in total. The van der Waals surface area contributed by atoms with Gasteiger partial charge in [0, 0.05) is 11.4 Å². The quantitative estimate of drug-likeness (QED) is 0.483. The number of benzene rings is 3. The number of hydrogen-bond donors (Lipinski definition) is 1. The first-order valence-electron chi connectivity index (χ1n) is 10.9. The molecule has 1 heterocycles. The zero-order chi connectivity index (χ0) is 24.5. The van der Waals surface area contributed by atoms with Gasteiger partial charge in [0.2, 0.25) is 5.91 Å². The van der Waals surface area contributed by atoms with Gasteiger partial charge in [-0.2, -0.15) is 0 Å². The fourth-order valence-corrected chi connectivity index (χ4v) is 5.99. The fourth-order valence-electron chi connectivity index (χ4n) is 3.76. The Morgan fingerprint density at radius 3 is 2.12 bits per heavy atom. The van der Waals surface area contributed by atoms with E-state index in [1.807, 2.05) is 48.5 Å². The van der Waals surface area contributed by atoms with Crippen LogP contribution < -0.4 is 14.4 Å². The number of ether oxygens (including phenoxy) is 1. The summed E-state index contributed by atoms with van der Waals surface area (Å²) in [5.41, 5.74) is 3.20. The van der Waals surface area contributed by atoms with Crippen LogP contribution >= 0.6 is 11.8 Å². The third-order valence-corrected chi connectivity index (χ3v) is 8.31. The molecule has 1 aliphatic rings. The Hall–Kier alpha value is -2.97. The van der Waals surface area contributed by atoms with E-state index in [1.165, 1.54) is 0 Å². The zero-order valence-electron chi connectivity index (χ0n) is 19.6. The van der Waals surface area contributed by atoms with Crippen molar-refractivity contribution in [2.24, 2.45) is 0 Å². The molecule has 0 aromatic heterocycles. The second kappa shape index (κ2) is 9.35. The molecule has 1 aliphatic heterocycles. The van der Waals surface area contributed by atoms with Gasteiger partial charge in [-0.1, -0.05) is 45.0 Å². The van der Waals surface area contributed by atoms with Crippen LogP contribution in [0.4, 0.5) is 11.4 Å². The Labute approximate surface area is 205 Å². The van der Waals surface area contributed by atoms with E-state index < -0.39 is 10.0 Å². The average Bonchev–Trinajstić information content (AvgIpc) is 3.20. The minimum atomic E-state index is -3.71. The van der Waals surface area contributed by atoms with Gasteiger partial charge in [-0.3, -0.25) is 14.4 Å². The van der Waals surface area contributed by atoms with Crippen LogP contribution in [0.15, 0.2) is 77.7 Å². The third kappa shape index (κ3) is 5.08. The highest BCUT2D eigenvalue weighted by Crippen LogP contribution is 2.42. The molecule has 0 radical (unpaired) electrons. The monoisotopic (exact) mass is 496 g/mol. The molecule has 3 aromatic carbocycles. The predicted octanol–water partition coefficient (Wildman–Crippen LogP) is 5.57. The lowest BCUT2D eigenvalue weighted by Gasteiger charge is -2.24. The minimum absolute atomic E-state index is 0.0312. The van der Waals surface area contributed by atoms with Crippen molar-refractivity contribution in [3.63, 3.8) is 0 Å². The summed E-state index contributed by atoms with van der Waals surface area (Å²) in [7, 11) is -2.11. The summed E-state index contributed by atoms with van der Waals surface area (Å²) >= 11 is 1.54. The van der Waals surface area contributed by atoms with Crippen molar-refractivity contribution in [2.75, 3.05) is 22.5 Å². The molecule has 1 saturated heterocycles. The van der Waals surface area contributed by atoms with Gasteiger partial charge >= 0.3 is 0 Å². The summed E-state index contributed by atoms with van der Waals surface area (Å²) in [5.74, 6) is 1.14. The Bertz CT molecular complexity index is 1260. The van der Waals surface area contributed by atoms with Crippen LogP contribution in [0.25, 0.3) is 0 Å². The summed E-state index contributed by atoms with van der Waals surface area (Å²) in [6.45, 7) is 6.26. The van der Waals surface area contributed by atoms with Crippen molar-refractivity contribution < 1.29 is 17.9 Å². The number of nitrogens with one attached hydrogen (secondary N) is 1. The van der Waals surface area contributed by atoms with E-state index >= 15 is 0 Å². The molecule has 34 heavy (non-hydrogen) atoms. The number of carbonyl (C=O) groups is 1. The average molecular weight is 497 g/mol. The maximum absolute atomic E-state index is 12.9. The summed E-state index contributed by atoms with van der Waals surface area (Å²) < 4.78 is 33.6. The Morgan fingerprint density at radius 1 is 0.941 bits per heavy atom. The molecule has 3 aromatic rings. The predicted molar refractivity (Wildman–Crippen MR) is 138 cm³/mol. The van der Waals surface area contributed by atoms with E-state index in [-0.39, 0.29) is 21.6 Å². The van der Waals surface area contributed by atoms with E-state index in [1.54, 1.807) is 48.0 Å². The number of nitrogens with zero attached hydrogens (tertiary/aromatic N) is 1. The molecule has 6 nitrogen and oxygen atoms in total. The lowest BCUT2D eigenvalue weighted by Crippen LogP contribution is -2.27. The number of rotatable bonds is 6. The van der Waals surface area contributed by atoms with Gasteiger partial charge in [0.05, 0.1) is 17.8 Å². The van der Waals surface area contributed by atoms with E-state index in [0.29, 0.717) is 11.4 Å². The van der Waals surface area contributed by atoms with Gasteiger partial charge in [-0.15, -0.1) is 11.8 Å². The summed E-state index contributed by atoms with van der Waals surface area (Å²) in [4.78, 5) is 14.6. The second-order valence-electron chi connectivity index (χ2n) is 9.13. The molecule has 0 bridgehead atoms. The van der Waals surface area contributed by atoms with Crippen molar-refractivity contribution >= 4 is 39.1 Å². The lowest BCUT2D eigenvalue weighted by molar-refractivity contribution is -0.115. The van der Waals surface area contributed by atoms with Crippen molar-refractivity contribution in [1.29, 1.82) is 0 Å². The molecule has 4 rings (SSSR count). The van der Waals surface area contributed by atoms with Crippen molar-refractivity contribution in [1.82, 2.24) is 0 Å². The molecule has 8 heteroatoms. The van der Waals surface area contributed by atoms with Crippen LogP contribution in [-0.2, 0) is 20.2 Å². The molecule has 0 aliphatic carbocycles. The van der Waals surface area contributed by atoms with Gasteiger partial charge in [-0.05, 0) is 65.1 Å². The minimum Gasteiger partial charge on any atom is -0.497 e. The first kappa shape index (κ1) is 24.2. The standard InChI is InChI=1S/C26H28N2O4S2/c1-26(2,3)19-7-15-23(16-8-19)34(30,31)27-20-9-5-18(6-10-20)25-28(24(29)17-33-25)21-11-13-22(32-4)14-12-21/h5-16,25,27H,17H2,1-4H3/t25-/m0/s1.